The Bertz CT molecular complexity index is 1310. The summed E-state index contributed by atoms with van der Waals surface area (Å²) < 4.78 is 31.7. The number of aromatic hydroxyl groups is 1. The highest BCUT2D eigenvalue weighted by atomic mass is 32.2. The minimum absolute atomic E-state index is 0.0648. The Morgan fingerprint density at radius 1 is 0.958 bits per heavy atom. The van der Waals surface area contributed by atoms with Crippen molar-refractivity contribution in [2.75, 3.05) is 0 Å². The van der Waals surface area contributed by atoms with Gasteiger partial charge in [-0.2, -0.15) is 8.42 Å². The quantitative estimate of drug-likeness (QED) is 0.277. The molecule has 0 unspecified atom stereocenters. The lowest BCUT2D eigenvalue weighted by molar-refractivity contribution is 0.481. The maximum absolute atomic E-state index is 11.5. The molecule has 120 valence electrons. The smallest absolute Gasteiger partial charge is 0.294 e. The van der Waals surface area contributed by atoms with Crippen molar-refractivity contribution in [3.8, 4) is 5.75 Å². The molecule has 3 aromatic carbocycles. The fourth-order valence-electron chi connectivity index (χ4n) is 2.73. The number of H-pyrrole nitrogens is 1. The number of phenolic OH excluding ortho intramolecular Hbond substituents is 1. The van der Waals surface area contributed by atoms with E-state index in [4.69, 9.17) is 0 Å². The van der Waals surface area contributed by atoms with Gasteiger partial charge in [-0.15, -0.1) is 0 Å². The van der Waals surface area contributed by atoms with Crippen LogP contribution in [0.4, 0.5) is 0 Å². The molecule has 0 spiro atoms. The average molecular weight is 342 g/mol. The van der Waals surface area contributed by atoms with Crippen molar-refractivity contribution in [1.82, 2.24) is 9.97 Å². The van der Waals surface area contributed by atoms with E-state index in [0.717, 1.165) is 0 Å². The molecule has 0 fully saturated rings. The van der Waals surface area contributed by atoms with Crippen molar-refractivity contribution in [2.45, 2.75) is 4.90 Å². The van der Waals surface area contributed by atoms with Crippen molar-refractivity contribution in [2.24, 2.45) is 0 Å². The van der Waals surface area contributed by atoms with Crippen LogP contribution in [0.3, 0.4) is 0 Å². The van der Waals surface area contributed by atoms with Crippen LogP contribution in [0.5, 0.6) is 5.75 Å². The first-order chi connectivity index (χ1) is 11.3. The number of aromatic nitrogens is 2. The van der Waals surface area contributed by atoms with E-state index in [2.05, 4.69) is 9.97 Å². The van der Waals surface area contributed by atoms with E-state index in [-0.39, 0.29) is 16.1 Å². The topological polar surface area (TPSA) is 120 Å². The molecule has 4 rings (SSSR count). The third-order valence-corrected chi connectivity index (χ3v) is 4.68. The van der Waals surface area contributed by atoms with Crippen LogP contribution in [0.15, 0.2) is 52.2 Å². The molecule has 8 heteroatoms. The van der Waals surface area contributed by atoms with Gasteiger partial charge in [0.1, 0.15) is 5.75 Å². The number of phenols is 1. The number of hydrogen-bond donors (Lipinski definition) is 3. The van der Waals surface area contributed by atoms with E-state index in [1.807, 2.05) is 0 Å². The standard InChI is InChI=1S/C16H10N2O5S/c19-8-1-3-10-11(5-8)15(20)7-14-16(10)18-13-6-9(24(21,22)23)2-4-12(13)17-14/h1-7,18,20H,(H,21,22,23). The highest BCUT2D eigenvalue weighted by Crippen LogP contribution is 2.31. The van der Waals surface area contributed by atoms with Crippen LogP contribution in [-0.2, 0) is 10.1 Å². The molecule has 24 heavy (non-hydrogen) atoms. The summed E-state index contributed by atoms with van der Waals surface area (Å²) in [6.07, 6.45) is 0. The van der Waals surface area contributed by atoms with Gasteiger partial charge in [-0.05, 0) is 36.4 Å². The molecule has 0 saturated carbocycles. The molecule has 0 aliphatic rings. The van der Waals surface area contributed by atoms with E-state index in [1.54, 1.807) is 6.07 Å². The third kappa shape index (κ3) is 2.20. The number of aromatic amines is 1. The Labute approximate surface area is 135 Å². The van der Waals surface area contributed by atoms with Gasteiger partial charge in [0.2, 0.25) is 0 Å². The van der Waals surface area contributed by atoms with E-state index < -0.39 is 10.1 Å². The van der Waals surface area contributed by atoms with Gasteiger partial charge in [-0.25, -0.2) is 4.98 Å². The zero-order valence-corrected chi connectivity index (χ0v) is 12.8. The summed E-state index contributed by atoms with van der Waals surface area (Å²) in [4.78, 5) is 18.7. The second kappa shape index (κ2) is 4.76. The summed E-state index contributed by atoms with van der Waals surface area (Å²) in [7, 11) is -4.33. The average Bonchev–Trinajstić information content (AvgIpc) is 2.52. The van der Waals surface area contributed by atoms with Crippen molar-refractivity contribution < 1.29 is 18.1 Å². The molecule has 0 aliphatic heterocycles. The van der Waals surface area contributed by atoms with Gasteiger partial charge in [-0.1, -0.05) is 0 Å². The molecular formula is C16H10N2O5S. The van der Waals surface area contributed by atoms with Crippen LogP contribution < -0.4 is 5.43 Å². The minimum atomic E-state index is -4.33. The zero-order valence-electron chi connectivity index (χ0n) is 12.0. The summed E-state index contributed by atoms with van der Waals surface area (Å²) >= 11 is 0. The number of benzene rings is 3. The van der Waals surface area contributed by atoms with Gasteiger partial charge in [0.25, 0.3) is 10.1 Å². The molecule has 7 nitrogen and oxygen atoms in total. The molecule has 4 aromatic rings. The minimum Gasteiger partial charge on any atom is -0.507 e. The molecule has 0 aliphatic carbocycles. The molecule has 0 saturated heterocycles. The summed E-state index contributed by atoms with van der Waals surface area (Å²) in [5.41, 5.74) is 1.64. The zero-order chi connectivity index (χ0) is 17.1. The van der Waals surface area contributed by atoms with Crippen LogP contribution >= 0.6 is 0 Å². The van der Waals surface area contributed by atoms with E-state index in [0.29, 0.717) is 32.8 Å². The number of nitrogens with one attached hydrogen (secondary N) is 1. The van der Waals surface area contributed by atoms with Gasteiger partial charge in [0.15, 0.2) is 5.43 Å². The summed E-state index contributed by atoms with van der Waals surface area (Å²) in [5.74, 6) is -0.0648. The molecular weight excluding hydrogens is 332 g/mol. The lowest BCUT2D eigenvalue weighted by Crippen LogP contribution is -1.99. The molecule has 1 heterocycles. The Morgan fingerprint density at radius 3 is 2.50 bits per heavy atom. The van der Waals surface area contributed by atoms with Crippen molar-refractivity contribution >= 4 is 43.0 Å². The van der Waals surface area contributed by atoms with E-state index >= 15 is 0 Å². The van der Waals surface area contributed by atoms with Crippen molar-refractivity contribution in [1.29, 1.82) is 0 Å². The molecule has 0 atom stereocenters. The Hall–Kier alpha value is -2.97. The lowest BCUT2D eigenvalue weighted by atomic mass is 10.1. The Morgan fingerprint density at radius 2 is 1.75 bits per heavy atom. The van der Waals surface area contributed by atoms with E-state index in [9.17, 15) is 22.9 Å². The first kappa shape index (κ1) is 14.6. The van der Waals surface area contributed by atoms with Crippen LogP contribution in [0.1, 0.15) is 0 Å². The third-order valence-electron chi connectivity index (χ3n) is 3.83. The highest BCUT2D eigenvalue weighted by Gasteiger charge is 2.13. The maximum atomic E-state index is 11.5. The molecule has 0 amide bonds. The van der Waals surface area contributed by atoms with Crippen LogP contribution in [0, 0.1) is 0 Å². The Balaban J connectivity index is 2.17. The second-order valence-electron chi connectivity index (χ2n) is 5.39. The van der Waals surface area contributed by atoms with Gasteiger partial charge < -0.3 is 10.1 Å². The molecule has 0 bridgehead atoms. The first-order valence-corrected chi connectivity index (χ1v) is 8.34. The number of nitrogens with zero attached hydrogens (tertiary/aromatic N) is 1. The van der Waals surface area contributed by atoms with Crippen molar-refractivity contribution in [3.05, 3.63) is 52.7 Å². The number of rotatable bonds is 1. The SMILES string of the molecule is O=c1ccc2c(c1)c(O)cc1nc3ccc(S(=O)(=O)O)cc3[nH]c12. The Kier molecular flexibility index (Phi) is 2.90. The predicted octanol–water partition coefficient (Wildman–Crippen LogP) is 2.18. The predicted molar refractivity (Wildman–Crippen MR) is 88.9 cm³/mol. The van der Waals surface area contributed by atoms with E-state index in [1.165, 1.54) is 36.4 Å². The maximum Gasteiger partial charge on any atom is 0.294 e. The van der Waals surface area contributed by atoms with Crippen LogP contribution in [0.25, 0.3) is 32.8 Å². The fourth-order valence-corrected chi connectivity index (χ4v) is 3.23. The van der Waals surface area contributed by atoms with Gasteiger partial charge >= 0.3 is 0 Å². The normalized spacial score (nSPS) is 12.2. The van der Waals surface area contributed by atoms with Gasteiger partial charge in [0.05, 0.1) is 27.0 Å². The fraction of sp³-hybridized carbons (Fsp3) is 0. The lowest BCUT2D eigenvalue weighted by Gasteiger charge is -2.08. The number of fused-ring (bicyclic) bond motifs is 4. The van der Waals surface area contributed by atoms with Gasteiger partial charge in [-0.3, -0.25) is 9.35 Å². The summed E-state index contributed by atoms with van der Waals surface area (Å²) in [6.45, 7) is 0. The van der Waals surface area contributed by atoms with Crippen LogP contribution in [0.2, 0.25) is 0 Å². The van der Waals surface area contributed by atoms with Gasteiger partial charge in [0, 0.05) is 16.8 Å². The monoisotopic (exact) mass is 342 g/mol. The number of hydrogen-bond acceptors (Lipinski definition) is 5. The first-order valence-electron chi connectivity index (χ1n) is 6.90. The summed E-state index contributed by atoms with van der Waals surface area (Å²) in [5, 5.41) is 11.1. The summed E-state index contributed by atoms with van der Waals surface area (Å²) in [6, 6.07) is 9.66. The molecule has 0 radical (unpaired) electrons. The molecule has 3 N–H and O–H groups in total. The van der Waals surface area contributed by atoms with Crippen LogP contribution in [-0.4, -0.2) is 28.0 Å². The molecule has 1 aromatic heterocycles. The largest absolute Gasteiger partial charge is 0.507 e. The second-order valence-corrected chi connectivity index (χ2v) is 6.81. The van der Waals surface area contributed by atoms with Crippen molar-refractivity contribution in [3.63, 3.8) is 0 Å². The highest BCUT2D eigenvalue weighted by molar-refractivity contribution is 7.85.